The molecule has 5 aromatic rings. The Kier molecular flexibility index (Phi) is 16.1. The summed E-state index contributed by atoms with van der Waals surface area (Å²) in [6.45, 7) is 4.56. The zero-order chi connectivity index (χ0) is 52.1. The van der Waals surface area contributed by atoms with E-state index in [2.05, 4.69) is 20.9 Å². The van der Waals surface area contributed by atoms with E-state index in [0.717, 1.165) is 56.3 Å². The predicted molar refractivity (Wildman–Crippen MR) is 270 cm³/mol. The summed E-state index contributed by atoms with van der Waals surface area (Å²) in [7, 11) is 3.04. The number of unbranched alkanes of at least 4 members (excludes halogenated alkanes) is 7. The number of fused-ring (bicyclic) bond motifs is 2. The van der Waals surface area contributed by atoms with E-state index >= 15 is 0 Å². The van der Waals surface area contributed by atoms with Crippen molar-refractivity contribution in [2.45, 2.75) is 96.2 Å². The van der Waals surface area contributed by atoms with Crippen molar-refractivity contribution >= 4 is 70.2 Å². The lowest BCUT2D eigenvalue weighted by Crippen LogP contribution is -2.54. The predicted octanol–water partition coefficient (Wildman–Crippen LogP) is 6.74. The fourth-order valence-electron chi connectivity index (χ4n) is 9.44. The maximum Gasteiger partial charge on any atom is 0.279 e. The van der Waals surface area contributed by atoms with Gasteiger partial charge in [0.05, 0.1) is 40.1 Å². The molecular weight excluding hydrogens is 982 g/mol. The molecule has 382 valence electrons. The van der Waals surface area contributed by atoms with E-state index < -0.39 is 47.2 Å². The molecule has 2 aromatic carbocycles. The van der Waals surface area contributed by atoms with Crippen LogP contribution in [-0.4, -0.2) is 98.2 Å². The standard InChI is InChI=1S/C52H55Cl2N9O10/c1-29(2)61-44-42(52(71)62(39-24-33(54)27-60(3)51(39)70)43(44)30-13-15-32(53)16-14-30)59-45(61)37-23-31(26-57-48(37)72-4)46(66)56-22-12-10-8-6-5-7-9-11-21-55-41(65)28-73-34-17-18-35-36(25-34)50(69)63(49(35)68)38-19-20-40(64)58-47(38)67/h13-18,23-27,29,38,43H,5-12,19-22,28H2,1-4H3,(H,55,65)(H,56,66)(H,58,64,67)/t38?,43-/m0/s1. The summed E-state index contributed by atoms with van der Waals surface area (Å²) in [5.41, 5.74) is 1.95. The van der Waals surface area contributed by atoms with Crippen molar-refractivity contribution in [2.24, 2.45) is 7.05 Å². The highest BCUT2D eigenvalue weighted by Crippen LogP contribution is 2.45. The minimum atomic E-state index is -1.07. The molecule has 3 aliphatic rings. The second-order valence-corrected chi connectivity index (χ2v) is 19.3. The number of anilines is 1. The van der Waals surface area contributed by atoms with Gasteiger partial charge in [-0.15, -0.1) is 0 Å². The number of piperidine rings is 1. The molecule has 19 nitrogen and oxygen atoms in total. The second kappa shape index (κ2) is 22.6. The van der Waals surface area contributed by atoms with Crippen LogP contribution in [0.3, 0.4) is 0 Å². The van der Waals surface area contributed by atoms with Crippen LogP contribution in [0.1, 0.15) is 143 Å². The number of hydrogen-bond donors (Lipinski definition) is 3. The maximum absolute atomic E-state index is 14.5. The average Bonchev–Trinajstić information content (AvgIpc) is 3.98. The van der Waals surface area contributed by atoms with Crippen LogP contribution < -0.4 is 35.9 Å². The summed E-state index contributed by atoms with van der Waals surface area (Å²) in [6, 6.07) is 12.4. The number of imidazole rings is 1. The minimum Gasteiger partial charge on any atom is -0.484 e. The second-order valence-electron chi connectivity index (χ2n) is 18.4. The molecule has 21 heteroatoms. The fraction of sp³-hybridized carbons (Fsp3) is 0.385. The number of benzene rings is 2. The molecule has 73 heavy (non-hydrogen) atoms. The molecule has 0 spiro atoms. The first kappa shape index (κ1) is 52.0. The van der Waals surface area contributed by atoms with E-state index in [1.54, 1.807) is 37.4 Å². The van der Waals surface area contributed by atoms with E-state index in [4.69, 9.17) is 37.7 Å². The van der Waals surface area contributed by atoms with Crippen molar-refractivity contribution in [3.8, 4) is 23.0 Å². The Balaban J connectivity index is 0.775. The van der Waals surface area contributed by atoms with Gasteiger partial charge in [0.2, 0.25) is 17.7 Å². The summed E-state index contributed by atoms with van der Waals surface area (Å²) < 4.78 is 14.5. The van der Waals surface area contributed by atoms with Crippen LogP contribution >= 0.6 is 23.2 Å². The number of carbonyl (C=O) groups excluding carboxylic acids is 7. The van der Waals surface area contributed by atoms with Gasteiger partial charge < -0.3 is 29.2 Å². The van der Waals surface area contributed by atoms with E-state index in [1.807, 2.05) is 18.4 Å². The number of ether oxygens (including phenoxy) is 2. The third-order valence-electron chi connectivity index (χ3n) is 13.0. The third-order valence-corrected chi connectivity index (χ3v) is 13.5. The molecule has 7 amide bonds. The molecular formula is C52H55Cl2N9O10. The lowest BCUT2D eigenvalue weighted by atomic mass is 10.0. The molecule has 0 bridgehead atoms. The molecule has 0 radical (unpaired) electrons. The molecule has 3 aromatic heterocycles. The fourth-order valence-corrected chi connectivity index (χ4v) is 9.81. The van der Waals surface area contributed by atoms with Crippen LogP contribution in [0.4, 0.5) is 5.69 Å². The first-order chi connectivity index (χ1) is 35.1. The first-order valence-corrected chi connectivity index (χ1v) is 25.0. The van der Waals surface area contributed by atoms with Gasteiger partial charge in [-0.3, -0.25) is 53.5 Å². The number of nitrogens with one attached hydrogen (secondary N) is 3. The molecule has 3 aliphatic heterocycles. The van der Waals surface area contributed by atoms with Gasteiger partial charge in [0.1, 0.15) is 29.3 Å². The smallest absolute Gasteiger partial charge is 0.279 e. The highest BCUT2D eigenvalue weighted by atomic mass is 35.5. The Morgan fingerprint density at radius 2 is 1.47 bits per heavy atom. The van der Waals surface area contributed by atoms with E-state index in [-0.39, 0.29) is 76.5 Å². The third kappa shape index (κ3) is 11.0. The van der Waals surface area contributed by atoms with Gasteiger partial charge in [-0.2, -0.15) is 0 Å². The number of pyridine rings is 2. The highest BCUT2D eigenvalue weighted by molar-refractivity contribution is 6.31. The summed E-state index contributed by atoms with van der Waals surface area (Å²) >= 11 is 12.7. The van der Waals surface area contributed by atoms with Crippen molar-refractivity contribution in [2.75, 3.05) is 31.7 Å². The molecule has 0 saturated carbocycles. The Hall–Kier alpha value is -7.38. The van der Waals surface area contributed by atoms with Crippen molar-refractivity contribution in [3.63, 3.8) is 0 Å². The number of amides is 7. The molecule has 6 heterocycles. The molecule has 1 fully saturated rings. The largest absolute Gasteiger partial charge is 0.484 e. The van der Waals surface area contributed by atoms with Gasteiger partial charge in [-0.1, -0.05) is 73.9 Å². The SMILES string of the molecule is COc1ncc(C(=O)NCCCCCCCCCCNC(=O)COc2ccc3c(c2)C(=O)N(C2CCC(=O)NC2=O)C3=O)cc1-c1nc2c(n1C(C)C)[C@H](c1ccc(Cl)cc1)N(c1cc(Cl)cn(C)c1=O)C2=O. The molecule has 3 N–H and O–H groups in total. The summed E-state index contributed by atoms with van der Waals surface area (Å²) in [6.07, 6.45) is 10.5. The van der Waals surface area contributed by atoms with Gasteiger partial charge in [0, 0.05) is 50.0 Å². The summed E-state index contributed by atoms with van der Waals surface area (Å²) in [4.78, 5) is 116. The number of halogens is 2. The Bertz CT molecular complexity index is 3060. The number of aryl methyl sites for hydroxylation is 1. The van der Waals surface area contributed by atoms with Gasteiger partial charge >= 0.3 is 0 Å². The minimum absolute atomic E-state index is 0.0223. The number of methoxy groups -OCH3 is 1. The molecule has 1 saturated heterocycles. The lowest BCUT2D eigenvalue weighted by molar-refractivity contribution is -0.136. The number of rotatable bonds is 21. The van der Waals surface area contributed by atoms with Crippen molar-refractivity contribution in [1.29, 1.82) is 0 Å². The zero-order valence-corrected chi connectivity index (χ0v) is 42.3. The number of nitrogens with zero attached hydrogens (tertiary/aromatic N) is 6. The summed E-state index contributed by atoms with van der Waals surface area (Å²) in [5.74, 6) is -2.75. The van der Waals surface area contributed by atoms with Crippen LogP contribution in [0.25, 0.3) is 11.4 Å². The Morgan fingerprint density at radius 1 is 0.795 bits per heavy atom. The van der Waals surface area contributed by atoms with E-state index in [1.165, 1.54) is 53.2 Å². The highest BCUT2D eigenvalue weighted by Gasteiger charge is 2.47. The van der Waals surface area contributed by atoms with Crippen molar-refractivity contribution in [1.82, 2.24) is 40.0 Å². The molecule has 2 atom stereocenters. The van der Waals surface area contributed by atoms with Crippen molar-refractivity contribution < 1.29 is 43.0 Å². The number of hydrogen-bond acceptors (Lipinski definition) is 12. The number of aromatic nitrogens is 4. The Morgan fingerprint density at radius 3 is 2.14 bits per heavy atom. The monoisotopic (exact) mass is 1040 g/mol. The molecule has 1 unspecified atom stereocenters. The van der Waals surface area contributed by atoms with Crippen LogP contribution in [0.5, 0.6) is 11.6 Å². The van der Waals surface area contributed by atoms with Crippen molar-refractivity contribution in [3.05, 3.63) is 121 Å². The quantitative estimate of drug-likeness (QED) is 0.0513. The van der Waals surface area contributed by atoms with Gasteiger partial charge in [0.15, 0.2) is 12.3 Å². The lowest BCUT2D eigenvalue weighted by Gasteiger charge is -2.28. The molecule has 8 rings (SSSR count). The Labute approximate surface area is 430 Å². The maximum atomic E-state index is 14.5. The zero-order valence-electron chi connectivity index (χ0n) is 40.8. The van der Waals surface area contributed by atoms with Gasteiger partial charge in [-0.25, -0.2) is 9.97 Å². The van der Waals surface area contributed by atoms with Crippen LogP contribution in [-0.2, 0) is 21.4 Å². The average molecular weight is 1040 g/mol. The van der Waals surface area contributed by atoms with E-state index in [9.17, 15) is 38.4 Å². The number of carbonyl (C=O) groups is 7. The van der Waals surface area contributed by atoms with Crippen LogP contribution in [0.2, 0.25) is 10.0 Å². The van der Waals surface area contributed by atoms with Gasteiger partial charge in [-0.05, 0) is 81.1 Å². The topological polar surface area (TPSA) is 233 Å². The van der Waals surface area contributed by atoms with E-state index in [0.29, 0.717) is 46.3 Å². The normalized spacial score (nSPS) is 16.2. The number of imide groups is 2. The first-order valence-electron chi connectivity index (χ1n) is 24.2. The van der Waals surface area contributed by atoms with Crippen LogP contribution in [0.15, 0.2) is 71.8 Å². The van der Waals surface area contributed by atoms with Gasteiger partial charge in [0.25, 0.3) is 35.1 Å². The summed E-state index contributed by atoms with van der Waals surface area (Å²) in [5, 5.41) is 8.78. The molecule has 0 aliphatic carbocycles. The van der Waals surface area contributed by atoms with Crippen LogP contribution in [0, 0.1) is 0 Å².